The molecule has 0 radical (unpaired) electrons. The van der Waals surface area contributed by atoms with Crippen molar-refractivity contribution in [3.05, 3.63) is 63.6 Å². The standard InChI is InChI=1S/C14H13Cl2NO2S/c1-10-3-2-4-12(7-10)20(18,19)17-9-11-5-6-13(15)14(16)8-11/h2-8,17H,9H2,1H3. The van der Waals surface area contributed by atoms with Crippen LogP contribution in [0.15, 0.2) is 47.4 Å². The average molecular weight is 330 g/mol. The fourth-order valence-electron chi connectivity index (χ4n) is 1.69. The van der Waals surface area contributed by atoms with E-state index in [4.69, 9.17) is 23.2 Å². The summed E-state index contributed by atoms with van der Waals surface area (Å²) in [4.78, 5) is 0.248. The van der Waals surface area contributed by atoms with Gasteiger partial charge in [0, 0.05) is 6.54 Å². The predicted octanol–water partition coefficient (Wildman–Crippen LogP) is 3.78. The van der Waals surface area contributed by atoms with Crippen molar-refractivity contribution in [2.24, 2.45) is 0 Å². The summed E-state index contributed by atoms with van der Waals surface area (Å²) in [7, 11) is -3.53. The van der Waals surface area contributed by atoms with Crippen LogP contribution in [-0.2, 0) is 16.6 Å². The Morgan fingerprint density at radius 3 is 2.45 bits per heavy atom. The van der Waals surface area contributed by atoms with Gasteiger partial charge in [-0.3, -0.25) is 0 Å². The maximum absolute atomic E-state index is 12.1. The van der Waals surface area contributed by atoms with E-state index in [9.17, 15) is 8.42 Å². The SMILES string of the molecule is Cc1cccc(S(=O)(=O)NCc2ccc(Cl)c(Cl)c2)c1. The van der Waals surface area contributed by atoms with Gasteiger partial charge in [-0.1, -0.05) is 41.4 Å². The van der Waals surface area contributed by atoms with Crippen molar-refractivity contribution in [1.82, 2.24) is 4.72 Å². The highest BCUT2D eigenvalue weighted by Gasteiger charge is 2.13. The first kappa shape index (κ1) is 15.3. The number of sulfonamides is 1. The Bertz CT molecular complexity index is 730. The van der Waals surface area contributed by atoms with Gasteiger partial charge in [0.05, 0.1) is 14.9 Å². The van der Waals surface area contributed by atoms with Crippen molar-refractivity contribution in [1.29, 1.82) is 0 Å². The molecule has 0 aliphatic carbocycles. The molecule has 2 rings (SSSR count). The van der Waals surface area contributed by atoms with Crippen molar-refractivity contribution in [2.75, 3.05) is 0 Å². The molecule has 0 aromatic heterocycles. The molecular weight excluding hydrogens is 317 g/mol. The van der Waals surface area contributed by atoms with E-state index in [1.54, 1.807) is 36.4 Å². The Kier molecular flexibility index (Phi) is 4.70. The van der Waals surface area contributed by atoms with Crippen LogP contribution in [-0.4, -0.2) is 8.42 Å². The predicted molar refractivity (Wildman–Crippen MR) is 81.7 cm³/mol. The molecule has 0 heterocycles. The largest absolute Gasteiger partial charge is 0.240 e. The molecular formula is C14H13Cl2NO2S. The number of nitrogens with one attached hydrogen (secondary N) is 1. The zero-order chi connectivity index (χ0) is 14.8. The summed E-state index contributed by atoms with van der Waals surface area (Å²) in [6, 6.07) is 11.7. The van der Waals surface area contributed by atoms with E-state index in [1.807, 2.05) is 13.0 Å². The van der Waals surface area contributed by atoms with E-state index in [2.05, 4.69) is 4.72 Å². The molecule has 20 heavy (non-hydrogen) atoms. The minimum Gasteiger partial charge on any atom is -0.207 e. The van der Waals surface area contributed by atoms with Crippen LogP contribution in [0.4, 0.5) is 0 Å². The van der Waals surface area contributed by atoms with Crippen LogP contribution >= 0.6 is 23.2 Å². The van der Waals surface area contributed by atoms with Crippen LogP contribution < -0.4 is 4.72 Å². The topological polar surface area (TPSA) is 46.2 Å². The highest BCUT2D eigenvalue weighted by molar-refractivity contribution is 7.89. The number of halogens is 2. The molecule has 0 aliphatic heterocycles. The van der Waals surface area contributed by atoms with Crippen molar-refractivity contribution in [3.63, 3.8) is 0 Å². The second kappa shape index (κ2) is 6.14. The Morgan fingerprint density at radius 1 is 1.05 bits per heavy atom. The third-order valence-electron chi connectivity index (χ3n) is 2.75. The third kappa shape index (κ3) is 3.73. The molecule has 0 spiro atoms. The van der Waals surface area contributed by atoms with Gasteiger partial charge in [-0.2, -0.15) is 0 Å². The van der Waals surface area contributed by atoms with Gasteiger partial charge >= 0.3 is 0 Å². The average Bonchev–Trinajstić information content (AvgIpc) is 2.40. The lowest BCUT2D eigenvalue weighted by molar-refractivity contribution is 0.581. The summed E-state index contributed by atoms with van der Waals surface area (Å²) < 4.78 is 26.8. The molecule has 1 N–H and O–H groups in total. The molecule has 0 unspecified atom stereocenters. The maximum Gasteiger partial charge on any atom is 0.240 e. The zero-order valence-electron chi connectivity index (χ0n) is 10.7. The third-order valence-corrected chi connectivity index (χ3v) is 4.89. The molecule has 0 amide bonds. The summed E-state index contributed by atoms with van der Waals surface area (Å²) >= 11 is 11.7. The zero-order valence-corrected chi connectivity index (χ0v) is 13.1. The molecule has 106 valence electrons. The fourth-order valence-corrected chi connectivity index (χ4v) is 3.14. The lowest BCUT2D eigenvalue weighted by Gasteiger charge is -2.08. The van der Waals surface area contributed by atoms with E-state index < -0.39 is 10.0 Å². The first-order chi connectivity index (χ1) is 9.38. The van der Waals surface area contributed by atoms with E-state index in [1.165, 1.54) is 0 Å². The normalized spacial score (nSPS) is 11.6. The molecule has 0 atom stereocenters. The monoisotopic (exact) mass is 329 g/mol. The van der Waals surface area contributed by atoms with Crippen LogP contribution in [0.3, 0.4) is 0 Å². The van der Waals surface area contributed by atoms with Gasteiger partial charge in [-0.15, -0.1) is 0 Å². The van der Waals surface area contributed by atoms with Gasteiger partial charge in [-0.05, 0) is 42.3 Å². The van der Waals surface area contributed by atoms with Crippen molar-refractivity contribution < 1.29 is 8.42 Å². The molecule has 6 heteroatoms. The quantitative estimate of drug-likeness (QED) is 0.927. The number of aryl methyl sites for hydroxylation is 1. The summed E-state index contributed by atoms with van der Waals surface area (Å²) in [5, 5.41) is 0.843. The first-order valence-corrected chi connectivity index (χ1v) is 8.13. The second-order valence-corrected chi connectivity index (χ2v) is 6.97. The highest BCUT2D eigenvalue weighted by Crippen LogP contribution is 2.22. The fraction of sp³-hybridized carbons (Fsp3) is 0.143. The van der Waals surface area contributed by atoms with Crippen molar-refractivity contribution >= 4 is 33.2 Å². The second-order valence-electron chi connectivity index (χ2n) is 4.39. The van der Waals surface area contributed by atoms with Crippen LogP contribution in [0.5, 0.6) is 0 Å². The molecule has 0 bridgehead atoms. The lowest BCUT2D eigenvalue weighted by atomic mass is 10.2. The molecule has 0 saturated heterocycles. The first-order valence-electron chi connectivity index (χ1n) is 5.89. The maximum atomic E-state index is 12.1. The Morgan fingerprint density at radius 2 is 1.80 bits per heavy atom. The van der Waals surface area contributed by atoms with Crippen LogP contribution in [0.1, 0.15) is 11.1 Å². The Hall–Kier alpha value is -1.07. The number of hydrogen-bond acceptors (Lipinski definition) is 2. The number of benzene rings is 2. The van der Waals surface area contributed by atoms with E-state index in [0.29, 0.717) is 10.0 Å². The van der Waals surface area contributed by atoms with Gasteiger partial charge in [0.15, 0.2) is 0 Å². The number of hydrogen-bond donors (Lipinski definition) is 1. The van der Waals surface area contributed by atoms with Crippen LogP contribution in [0.2, 0.25) is 10.0 Å². The Balaban J connectivity index is 2.15. The van der Waals surface area contributed by atoms with Gasteiger partial charge < -0.3 is 0 Å². The van der Waals surface area contributed by atoms with Crippen molar-refractivity contribution in [3.8, 4) is 0 Å². The number of rotatable bonds is 4. The van der Waals surface area contributed by atoms with Gasteiger partial charge in [-0.25, -0.2) is 13.1 Å². The van der Waals surface area contributed by atoms with Gasteiger partial charge in [0.1, 0.15) is 0 Å². The van der Waals surface area contributed by atoms with E-state index in [-0.39, 0.29) is 11.4 Å². The summed E-state index contributed by atoms with van der Waals surface area (Å²) in [6.07, 6.45) is 0. The summed E-state index contributed by atoms with van der Waals surface area (Å²) in [5.41, 5.74) is 1.64. The smallest absolute Gasteiger partial charge is 0.207 e. The van der Waals surface area contributed by atoms with Crippen molar-refractivity contribution in [2.45, 2.75) is 18.4 Å². The van der Waals surface area contributed by atoms with Gasteiger partial charge in [0.25, 0.3) is 0 Å². The Labute approximate surface area is 128 Å². The summed E-state index contributed by atoms with van der Waals surface area (Å²) in [6.45, 7) is 2.01. The van der Waals surface area contributed by atoms with Gasteiger partial charge in [0.2, 0.25) is 10.0 Å². The minimum atomic E-state index is -3.53. The minimum absolute atomic E-state index is 0.160. The molecule has 0 fully saturated rings. The molecule has 0 saturated carbocycles. The molecule has 3 nitrogen and oxygen atoms in total. The molecule has 2 aromatic rings. The molecule has 2 aromatic carbocycles. The summed E-state index contributed by atoms with van der Waals surface area (Å²) in [5.74, 6) is 0. The lowest BCUT2D eigenvalue weighted by Crippen LogP contribution is -2.23. The van der Waals surface area contributed by atoms with E-state index >= 15 is 0 Å². The highest BCUT2D eigenvalue weighted by atomic mass is 35.5. The van der Waals surface area contributed by atoms with Crippen LogP contribution in [0.25, 0.3) is 0 Å². The van der Waals surface area contributed by atoms with Crippen LogP contribution in [0, 0.1) is 6.92 Å². The van der Waals surface area contributed by atoms with E-state index in [0.717, 1.165) is 11.1 Å². The molecule has 0 aliphatic rings.